The number of aromatic nitrogens is 1. The molecular weight excluding hydrogens is 204 g/mol. The lowest BCUT2D eigenvalue weighted by molar-refractivity contribution is -0.135. The molecule has 0 aromatic carbocycles. The fourth-order valence-corrected chi connectivity index (χ4v) is 1.38. The summed E-state index contributed by atoms with van der Waals surface area (Å²) in [6.45, 7) is 5.43. The molecule has 0 spiro atoms. The smallest absolute Gasteiger partial charge is 0.255 e. The SMILES string of the molecule is C=C(C)c1cc(OC2CC(F)(F)C2)no1. The van der Waals surface area contributed by atoms with E-state index >= 15 is 0 Å². The molecule has 82 valence electrons. The van der Waals surface area contributed by atoms with Crippen molar-refractivity contribution < 1.29 is 18.0 Å². The monoisotopic (exact) mass is 215 g/mol. The lowest BCUT2D eigenvalue weighted by atomic mass is 9.91. The maximum atomic E-state index is 12.5. The Kier molecular flexibility index (Phi) is 2.25. The molecule has 0 radical (unpaired) electrons. The average molecular weight is 215 g/mol. The van der Waals surface area contributed by atoms with Gasteiger partial charge in [0.05, 0.1) is 0 Å². The van der Waals surface area contributed by atoms with Crippen LogP contribution in [0.2, 0.25) is 0 Å². The molecule has 1 aromatic heterocycles. The van der Waals surface area contributed by atoms with Crippen LogP contribution in [-0.4, -0.2) is 17.2 Å². The predicted octanol–water partition coefficient (Wildman–Crippen LogP) is 2.88. The molecular formula is C10H11F2NO2. The van der Waals surface area contributed by atoms with Crippen LogP contribution in [-0.2, 0) is 0 Å². The largest absolute Gasteiger partial charge is 0.472 e. The number of alkyl halides is 2. The van der Waals surface area contributed by atoms with Gasteiger partial charge in [0.1, 0.15) is 6.10 Å². The highest BCUT2D eigenvalue weighted by Gasteiger charge is 2.47. The van der Waals surface area contributed by atoms with Crippen molar-refractivity contribution in [3.05, 3.63) is 18.4 Å². The first-order valence-electron chi connectivity index (χ1n) is 4.63. The maximum Gasteiger partial charge on any atom is 0.255 e. The van der Waals surface area contributed by atoms with Crippen LogP contribution in [0, 0.1) is 0 Å². The van der Waals surface area contributed by atoms with Crippen LogP contribution in [0.1, 0.15) is 25.5 Å². The van der Waals surface area contributed by atoms with Gasteiger partial charge in [0, 0.05) is 18.9 Å². The van der Waals surface area contributed by atoms with Crippen LogP contribution in [0.25, 0.3) is 5.57 Å². The van der Waals surface area contributed by atoms with Crippen molar-refractivity contribution in [3.63, 3.8) is 0 Å². The van der Waals surface area contributed by atoms with Gasteiger partial charge in [-0.15, -0.1) is 0 Å². The molecule has 0 amide bonds. The van der Waals surface area contributed by atoms with Crippen molar-refractivity contribution >= 4 is 5.57 Å². The minimum atomic E-state index is -2.58. The Labute approximate surface area is 85.7 Å². The molecule has 0 N–H and O–H groups in total. The minimum Gasteiger partial charge on any atom is -0.472 e. The molecule has 0 aliphatic heterocycles. The van der Waals surface area contributed by atoms with E-state index in [4.69, 9.17) is 9.26 Å². The molecule has 5 heteroatoms. The molecule has 1 aromatic rings. The van der Waals surface area contributed by atoms with Crippen LogP contribution in [0.5, 0.6) is 5.88 Å². The number of nitrogens with zero attached hydrogens (tertiary/aromatic N) is 1. The second-order valence-electron chi connectivity index (χ2n) is 3.81. The van der Waals surface area contributed by atoms with Gasteiger partial charge < -0.3 is 9.26 Å². The third-order valence-electron chi connectivity index (χ3n) is 2.25. The zero-order valence-electron chi connectivity index (χ0n) is 8.30. The molecule has 0 unspecified atom stereocenters. The molecule has 1 aliphatic rings. The van der Waals surface area contributed by atoms with Crippen molar-refractivity contribution in [2.45, 2.75) is 31.8 Å². The van der Waals surface area contributed by atoms with Gasteiger partial charge in [0.15, 0.2) is 5.76 Å². The first-order valence-corrected chi connectivity index (χ1v) is 4.63. The second kappa shape index (κ2) is 3.32. The third-order valence-corrected chi connectivity index (χ3v) is 2.25. The van der Waals surface area contributed by atoms with E-state index < -0.39 is 12.0 Å². The highest BCUT2D eigenvalue weighted by Crippen LogP contribution is 2.39. The second-order valence-corrected chi connectivity index (χ2v) is 3.81. The number of ether oxygens (including phenoxy) is 1. The number of hydrogen-bond acceptors (Lipinski definition) is 3. The highest BCUT2D eigenvalue weighted by atomic mass is 19.3. The summed E-state index contributed by atoms with van der Waals surface area (Å²) in [6, 6.07) is 1.55. The first-order chi connectivity index (χ1) is 6.96. The molecule has 0 bridgehead atoms. The van der Waals surface area contributed by atoms with Gasteiger partial charge >= 0.3 is 0 Å². The maximum absolute atomic E-state index is 12.5. The fourth-order valence-electron chi connectivity index (χ4n) is 1.38. The van der Waals surface area contributed by atoms with Crippen molar-refractivity contribution in [2.75, 3.05) is 0 Å². The van der Waals surface area contributed by atoms with Crippen LogP contribution >= 0.6 is 0 Å². The molecule has 0 saturated heterocycles. The van der Waals surface area contributed by atoms with Crippen LogP contribution in [0.15, 0.2) is 17.2 Å². The fraction of sp³-hybridized carbons (Fsp3) is 0.500. The summed E-state index contributed by atoms with van der Waals surface area (Å²) in [6.07, 6.45) is -0.951. The van der Waals surface area contributed by atoms with Gasteiger partial charge in [0.2, 0.25) is 0 Å². The van der Waals surface area contributed by atoms with E-state index in [1.807, 2.05) is 0 Å². The summed E-state index contributed by atoms with van der Waals surface area (Å²) in [5.41, 5.74) is 0.719. The number of halogens is 2. The molecule has 1 aliphatic carbocycles. The lowest BCUT2D eigenvalue weighted by Crippen LogP contribution is -2.43. The van der Waals surface area contributed by atoms with E-state index in [2.05, 4.69) is 11.7 Å². The van der Waals surface area contributed by atoms with Gasteiger partial charge in [-0.3, -0.25) is 0 Å². The zero-order chi connectivity index (χ0) is 11.1. The normalized spacial score (nSPS) is 19.7. The van der Waals surface area contributed by atoms with E-state index in [0.29, 0.717) is 5.76 Å². The topological polar surface area (TPSA) is 35.3 Å². The van der Waals surface area contributed by atoms with Gasteiger partial charge in [-0.1, -0.05) is 6.58 Å². The summed E-state index contributed by atoms with van der Waals surface area (Å²) in [5.74, 6) is -1.82. The summed E-state index contributed by atoms with van der Waals surface area (Å²) in [4.78, 5) is 0. The molecule has 15 heavy (non-hydrogen) atoms. The molecule has 1 fully saturated rings. The van der Waals surface area contributed by atoms with Crippen molar-refractivity contribution in [3.8, 4) is 5.88 Å². The average Bonchev–Trinajstić information content (AvgIpc) is 2.49. The van der Waals surface area contributed by atoms with Crippen LogP contribution in [0.3, 0.4) is 0 Å². The van der Waals surface area contributed by atoms with Crippen molar-refractivity contribution in [2.24, 2.45) is 0 Å². The van der Waals surface area contributed by atoms with Crippen molar-refractivity contribution in [1.82, 2.24) is 5.16 Å². The lowest BCUT2D eigenvalue weighted by Gasteiger charge is -2.33. The predicted molar refractivity (Wildman–Crippen MR) is 49.8 cm³/mol. The van der Waals surface area contributed by atoms with Gasteiger partial charge in [-0.25, -0.2) is 8.78 Å². The molecule has 3 nitrogen and oxygen atoms in total. The van der Waals surface area contributed by atoms with E-state index in [1.165, 1.54) is 0 Å². The molecule has 1 heterocycles. The summed E-state index contributed by atoms with van der Waals surface area (Å²) >= 11 is 0. The minimum absolute atomic E-state index is 0.244. The zero-order valence-corrected chi connectivity index (χ0v) is 8.30. The van der Waals surface area contributed by atoms with Crippen molar-refractivity contribution in [1.29, 1.82) is 0 Å². The highest BCUT2D eigenvalue weighted by molar-refractivity contribution is 5.56. The summed E-state index contributed by atoms with van der Waals surface area (Å²) < 4.78 is 35.0. The Balaban J connectivity index is 1.92. The van der Waals surface area contributed by atoms with Gasteiger partial charge in [-0.05, 0) is 17.7 Å². The van der Waals surface area contributed by atoms with Crippen LogP contribution in [0.4, 0.5) is 8.78 Å². The number of allylic oxidation sites excluding steroid dienone is 1. The Bertz CT molecular complexity index is 379. The standard InChI is InChI=1S/C10H11F2NO2/c1-6(2)8-3-9(13-15-8)14-7-4-10(11,12)5-7/h3,7H,1,4-5H2,2H3. The number of rotatable bonds is 3. The Morgan fingerprint density at radius 3 is 2.80 bits per heavy atom. The summed E-state index contributed by atoms with van der Waals surface area (Å²) in [5, 5.41) is 3.60. The van der Waals surface area contributed by atoms with E-state index in [1.54, 1.807) is 13.0 Å². The quantitative estimate of drug-likeness (QED) is 0.777. The molecule has 0 atom stereocenters. The van der Waals surface area contributed by atoms with Gasteiger partial charge in [-0.2, -0.15) is 0 Å². The molecule has 1 saturated carbocycles. The third kappa shape index (κ3) is 2.16. The number of hydrogen-bond donors (Lipinski definition) is 0. The van der Waals surface area contributed by atoms with E-state index in [0.717, 1.165) is 5.57 Å². The van der Waals surface area contributed by atoms with E-state index in [-0.39, 0.29) is 18.7 Å². The Morgan fingerprint density at radius 1 is 1.67 bits per heavy atom. The molecule has 2 rings (SSSR count). The Hall–Kier alpha value is -1.39. The van der Waals surface area contributed by atoms with Gasteiger partial charge in [0.25, 0.3) is 11.8 Å². The van der Waals surface area contributed by atoms with E-state index in [9.17, 15) is 8.78 Å². The first kappa shape index (κ1) is 10.1. The van der Waals surface area contributed by atoms with Crippen LogP contribution < -0.4 is 4.74 Å². The Morgan fingerprint density at radius 2 is 2.33 bits per heavy atom. The summed E-state index contributed by atoms with van der Waals surface area (Å²) in [7, 11) is 0.